The number of nitrogens with one attached hydrogen (secondary N) is 2. The molecule has 0 bridgehead atoms. The van der Waals surface area contributed by atoms with Crippen LogP contribution in [0.15, 0.2) is 65.7 Å². The SMILES string of the molecule is COc1ccccc1NC(=O)CSc1ccc2nnc(CCNC(=O)c3ccc(C)cc3)n2n1. The minimum Gasteiger partial charge on any atom is -0.495 e. The number of anilines is 1. The van der Waals surface area contributed by atoms with Gasteiger partial charge in [-0.1, -0.05) is 41.6 Å². The van der Waals surface area contributed by atoms with Gasteiger partial charge < -0.3 is 15.4 Å². The van der Waals surface area contributed by atoms with Gasteiger partial charge in [0, 0.05) is 18.5 Å². The second-order valence-corrected chi connectivity index (χ2v) is 8.46. The molecular weight excluding hydrogens is 452 g/mol. The van der Waals surface area contributed by atoms with E-state index in [1.54, 1.807) is 48.0 Å². The van der Waals surface area contributed by atoms with E-state index in [1.807, 2.05) is 31.2 Å². The number of nitrogens with zero attached hydrogens (tertiary/aromatic N) is 4. The maximum atomic E-state index is 12.4. The van der Waals surface area contributed by atoms with Gasteiger partial charge in [0.25, 0.3) is 5.91 Å². The molecule has 10 heteroatoms. The number of rotatable bonds is 9. The fourth-order valence-corrected chi connectivity index (χ4v) is 3.87. The highest BCUT2D eigenvalue weighted by Gasteiger charge is 2.12. The monoisotopic (exact) mass is 476 g/mol. The van der Waals surface area contributed by atoms with Gasteiger partial charge >= 0.3 is 0 Å². The lowest BCUT2D eigenvalue weighted by molar-refractivity contribution is -0.113. The smallest absolute Gasteiger partial charge is 0.251 e. The van der Waals surface area contributed by atoms with Gasteiger partial charge in [-0.2, -0.15) is 9.61 Å². The Morgan fingerprint density at radius 1 is 1.03 bits per heavy atom. The highest BCUT2D eigenvalue weighted by molar-refractivity contribution is 7.99. The van der Waals surface area contributed by atoms with E-state index in [0.717, 1.165) is 5.56 Å². The standard InChI is InChI=1S/C24H24N6O3S/c1-16-7-9-17(10-8-16)24(32)25-14-13-21-28-27-20-11-12-23(29-30(20)21)34-15-22(31)26-18-5-3-4-6-19(18)33-2/h3-12H,13-15H2,1-2H3,(H,25,32)(H,26,31). The fraction of sp³-hybridized carbons (Fsp3) is 0.208. The molecule has 0 aliphatic carbocycles. The molecule has 0 fully saturated rings. The van der Waals surface area contributed by atoms with Crippen LogP contribution in [0.5, 0.6) is 5.75 Å². The van der Waals surface area contributed by atoms with Crippen molar-refractivity contribution in [1.29, 1.82) is 0 Å². The van der Waals surface area contributed by atoms with Crippen molar-refractivity contribution in [2.24, 2.45) is 0 Å². The van der Waals surface area contributed by atoms with Crippen molar-refractivity contribution in [3.63, 3.8) is 0 Å². The van der Waals surface area contributed by atoms with Gasteiger partial charge in [0.15, 0.2) is 11.5 Å². The van der Waals surface area contributed by atoms with Crippen molar-refractivity contribution in [2.45, 2.75) is 18.4 Å². The topological polar surface area (TPSA) is 111 Å². The zero-order chi connectivity index (χ0) is 23.9. The van der Waals surface area contributed by atoms with E-state index in [2.05, 4.69) is 25.9 Å². The van der Waals surface area contributed by atoms with Crippen LogP contribution in [0.4, 0.5) is 5.69 Å². The van der Waals surface area contributed by atoms with Crippen molar-refractivity contribution in [2.75, 3.05) is 24.7 Å². The molecule has 34 heavy (non-hydrogen) atoms. The summed E-state index contributed by atoms with van der Waals surface area (Å²) in [4.78, 5) is 24.7. The summed E-state index contributed by atoms with van der Waals surface area (Å²) in [6, 6.07) is 18.2. The number of carbonyl (C=O) groups excluding carboxylic acids is 2. The molecule has 0 saturated heterocycles. The van der Waals surface area contributed by atoms with Crippen LogP contribution in [0.25, 0.3) is 5.65 Å². The molecule has 4 aromatic rings. The first-order chi connectivity index (χ1) is 16.5. The van der Waals surface area contributed by atoms with Crippen LogP contribution in [0.3, 0.4) is 0 Å². The molecule has 0 unspecified atom stereocenters. The number of ether oxygens (including phenoxy) is 1. The maximum Gasteiger partial charge on any atom is 0.251 e. The van der Waals surface area contributed by atoms with Crippen molar-refractivity contribution in [3.05, 3.63) is 77.6 Å². The fourth-order valence-electron chi connectivity index (χ4n) is 3.22. The zero-order valence-corrected chi connectivity index (χ0v) is 19.6. The summed E-state index contributed by atoms with van der Waals surface area (Å²) in [6.45, 7) is 2.37. The Balaban J connectivity index is 1.34. The number of fused-ring (bicyclic) bond motifs is 1. The van der Waals surface area contributed by atoms with Crippen LogP contribution in [0, 0.1) is 6.92 Å². The number of aromatic nitrogens is 4. The lowest BCUT2D eigenvalue weighted by atomic mass is 10.1. The number of para-hydroxylation sites is 2. The van der Waals surface area contributed by atoms with Crippen LogP contribution in [0.1, 0.15) is 21.7 Å². The first kappa shape index (κ1) is 23.2. The first-order valence-corrected chi connectivity index (χ1v) is 11.6. The lowest BCUT2D eigenvalue weighted by Crippen LogP contribution is -2.26. The van der Waals surface area contributed by atoms with Crippen LogP contribution in [-0.4, -0.2) is 51.0 Å². The number of hydrogen-bond donors (Lipinski definition) is 2. The van der Waals surface area contributed by atoms with E-state index in [4.69, 9.17) is 4.74 Å². The van der Waals surface area contributed by atoms with Crippen molar-refractivity contribution >= 4 is 34.9 Å². The Bertz CT molecular complexity index is 1310. The zero-order valence-electron chi connectivity index (χ0n) is 18.8. The molecule has 2 aromatic heterocycles. The van der Waals surface area contributed by atoms with Gasteiger partial charge in [-0.25, -0.2) is 0 Å². The third kappa shape index (κ3) is 5.70. The molecule has 9 nitrogen and oxygen atoms in total. The highest BCUT2D eigenvalue weighted by Crippen LogP contribution is 2.24. The van der Waals surface area contributed by atoms with Gasteiger partial charge in [-0.05, 0) is 43.3 Å². The quantitative estimate of drug-likeness (QED) is 0.357. The molecule has 2 N–H and O–H groups in total. The normalized spacial score (nSPS) is 10.8. The van der Waals surface area contributed by atoms with Crippen LogP contribution < -0.4 is 15.4 Å². The third-order valence-corrected chi connectivity index (χ3v) is 5.90. The third-order valence-electron chi connectivity index (χ3n) is 4.98. The van der Waals surface area contributed by atoms with E-state index < -0.39 is 0 Å². The van der Waals surface area contributed by atoms with Gasteiger partial charge in [0.2, 0.25) is 5.91 Å². The highest BCUT2D eigenvalue weighted by atomic mass is 32.2. The number of aryl methyl sites for hydroxylation is 1. The Kier molecular flexibility index (Phi) is 7.38. The van der Waals surface area contributed by atoms with Crippen molar-refractivity contribution < 1.29 is 14.3 Å². The molecule has 0 radical (unpaired) electrons. The second kappa shape index (κ2) is 10.8. The molecule has 2 heterocycles. The summed E-state index contributed by atoms with van der Waals surface area (Å²) >= 11 is 1.31. The molecule has 0 aliphatic rings. The van der Waals surface area contributed by atoms with Crippen molar-refractivity contribution in [3.8, 4) is 5.75 Å². The number of hydrogen-bond acceptors (Lipinski definition) is 7. The van der Waals surface area contributed by atoms with Gasteiger partial charge in [-0.15, -0.1) is 10.2 Å². The number of carbonyl (C=O) groups is 2. The first-order valence-electron chi connectivity index (χ1n) is 10.7. The van der Waals surface area contributed by atoms with Crippen LogP contribution >= 0.6 is 11.8 Å². The minimum atomic E-state index is -0.167. The summed E-state index contributed by atoms with van der Waals surface area (Å²) in [5, 5.41) is 19.3. The second-order valence-electron chi connectivity index (χ2n) is 7.47. The Labute approximate surface area is 200 Å². The maximum absolute atomic E-state index is 12.4. The van der Waals surface area contributed by atoms with E-state index in [0.29, 0.717) is 46.5 Å². The molecule has 2 amide bonds. The van der Waals surface area contributed by atoms with Gasteiger partial charge in [0.1, 0.15) is 10.8 Å². The summed E-state index contributed by atoms with van der Waals surface area (Å²) in [7, 11) is 1.56. The van der Waals surface area contributed by atoms with E-state index in [9.17, 15) is 9.59 Å². The average molecular weight is 477 g/mol. The lowest BCUT2D eigenvalue weighted by Gasteiger charge is -2.09. The summed E-state index contributed by atoms with van der Waals surface area (Å²) in [5.41, 5.74) is 2.93. The summed E-state index contributed by atoms with van der Waals surface area (Å²) in [5.74, 6) is 1.10. The minimum absolute atomic E-state index is 0.140. The predicted octanol–water partition coefficient (Wildman–Crippen LogP) is 3.14. The summed E-state index contributed by atoms with van der Waals surface area (Å²) in [6.07, 6.45) is 0.466. The molecule has 0 aliphatic heterocycles. The number of methoxy groups -OCH3 is 1. The number of amides is 2. The van der Waals surface area contributed by atoms with Gasteiger partial charge in [0.05, 0.1) is 18.6 Å². The van der Waals surface area contributed by atoms with Gasteiger partial charge in [-0.3, -0.25) is 9.59 Å². The largest absolute Gasteiger partial charge is 0.495 e. The molecule has 2 aromatic carbocycles. The predicted molar refractivity (Wildman–Crippen MR) is 130 cm³/mol. The Morgan fingerprint density at radius 2 is 1.82 bits per heavy atom. The molecule has 174 valence electrons. The van der Waals surface area contributed by atoms with Crippen molar-refractivity contribution in [1.82, 2.24) is 25.1 Å². The molecular formula is C24H24N6O3S. The van der Waals surface area contributed by atoms with E-state index in [1.165, 1.54) is 11.8 Å². The molecule has 0 saturated carbocycles. The molecule has 4 rings (SSSR count). The average Bonchev–Trinajstić information content (AvgIpc) is 3.25. The van der Waals surface area contributed by atoms with Crippen LogP contribution in [-0.2, 0) is 11.2 Å². The molecule has 0 atom stereocenters. The summed E-state index contributed by atoms with van der Waals surface area (Å²) < 4.78 is 6.90. The Morgan fingerprint density at radius 3 is 2.62 bits per heavy atom. The molecule has 0 spiro atoms. The van der Waals surface area contributed by atoms with E-state index >= 15 is 0 Å². The van der Waals surface area contributed by atoms with E-state index in [-0.39, 0.29) is 17.6 Å². The Hall–Kier alpha value is -3.92. The van der Waals surface area contributed by atoms with Crippen LogP contribution in [0.2, 0.25) is 0 Å². The number of thioether (sulfide) groups is 1. The number of benzene rings is 2.